The van der Waals surface area contributed by atoms with Crippen molar-refractivity contribution >= 4 is 5.97 Å². The maximum atomic E-state index is 11.6. The summed E-state index contributed by atoms with van der Waals surface area (Å²) in [5.41, 5.74) is 3.39. The highest BCUT2D eigenvalue weighted by atomic mass is 16.4. The third-order valence-corrected chi connectivity index (χ3v) is 4.80. The number of rotatable bonds is 7. The van der Waals surface area contributed by atoms with Crippen molar-refractivity contribution in [2.24, 2.45) is 0 Å². The number of nitrogens with one attached hydrogen (secondary N) is 1. The van der Waals surface area contributed by atoms with Crippen LogP contribution >= 0.6 is 0 Å². The molecule has 0 spiro atoms. The highest BCUT2D eigenvalue weighted by molar-refractivity contribution is 5.73. The van der Waals surface area contributed by atoms with Crippen LogP contribution in [0.15, 0.2) is 71.1 Å². The molecular weight excluding hydrogens is 350 g/mol. The van der Waals surface area contributed by atoms with Crippen LogP contribution in [0.5, 0.6) is 0 Å². The molecule has 4 heteroatoms. The molecule has 2 aromatic carbocycles. The van der Waals surface area contributed by atoms with Gasteiger partial charge < -0.3 is 9.52 Å². The molecule has 0 aliphatic rings. The third-order valence-electron chi connectivity index (χ3n) is 4.80. The van der Waals surface area contributed by atoms with Gasteiger partial charge in [0, 0.05) is 5.56 Å². The molecule has 1 aromatic heterocycles. The van der Waals surface area contributed by atoms with Crippen LogP contribution in [-0.4, -0.2) is 17.1 Å². The average molecular weight is 377 g/mol. The van der Waals surface area contributed by atoms with Crippen LogP contribution in [0, 0.1) is 0 Å². The smallest absolute Gasteiger partial charge is 0.321 e. The van der Waals surface area contributed by atoms with Crippen molar-refractivity contribution in [3.05, 3.63) is 83.6 Å². The highest BCUT2D eigenvalue weighted by Gasteiger charge is 2.18. The van der Waals surface area contributed by atoms with Crippen LogP contribution in [-0.2, 0) is 23.2 Å². The molecule has 3 aromatic rings. The Kier molecular flexibility index (Phi) is 6.00. The zero-order valence-corrected chi connectivity index (χ0v) is 16.6. The van der Waals surface area contributed by atoms with Crippen LogP contribution in [0.2, 0.25) is 0 Å². The monoisotopic (exact) mass is 377 g/mol. The summed E-state index contributed by atoms with van der Waals surface area (Å²) < 4.78 is 5.92. The molecule has 0 bridgehead atoms. The molecular formula is C24H27NO3. The second-order valence-electron chi connectivity index (χ2n) is 8.05. The lowest BCUT2D eigenvalue weighted by Crippen LogP contribution is -2.38. The highest BCUT2D eigenvalue weighted by Crippen LogP contribution is 2.27. The van der Waals surface area contributed by atoms with Gasteiger partial charge in [-0.25, -0.2) is 0 Å². The molecule has 0 radical (unpaired) electrons. The van der Waals surface area contributed by atoms with E-state index in [1.54, 1.807) is 0 Å². The molecule has 28 heavy (non-hydrogen) atoms. The summed E-state index contributed by atoms with van der Waals surface area (Å²) in [5, 5.41) is 12.6. The zero-order valence-electron chi connectivity index (χ0n) is 16.6. The van der Waals surface area contributed by atoms with E-state index in [-0.39, 0.29) is 5.41 Å². The van der Waals surface area contributed by atoms with Crippen molar-refractivity contribution in [3.63, 3.8) is 0 Å². The molecule has 1 atom stereocenters. The fourth-order valence-electron chi connectivity index (χ4n) is 3.08. The van der Waals surface area contributed by atoms with E-state index in [4.69, 9.17) is 4.42 Å². The maximum absolute atomic E-state index is 11.6. The number of hydrogen-bond acceptors (Lipinski definition) is 3. The normalized spacial score (nSPS) is 12.7. The number of aliphatic carboxylic acids is 1. The minimum atomic E-state index is -0.867. The molecule has 2 N–H and O–H groups in total. The zero-order chi connectivity index (χ0) is 20.1. The predicted octanol–water partition coefficient (Wildman–Crippen LogP) is 5.03. The predicted molar refractivity (Wildman–Crippen MR) is 111 cm³/mol. The van der Waals surface area contributed by atoms with Crippen molar-refractivity contribution in [2.45, 2.75) is 45.2 Å². The second kappa shape index (κ2) is 8.44. The summed E-state index contributed by atoms with van der Waals surface area (Å²) in [6.45, 7) is 6.93. The summed E-state index contributed by atoms with van der Waals surface area (Å²) in [5.74, 6) is 0.634. The van der Waals surface area contributed by atoms with Gasteiger partial charge in [-0.2, -0.15) is 0 Å². The number of furan rings is 1. The van der Waals surface area contributed by atoms with Gasteiger partial charge in [-0.05, 0) is 35.1 Å². The van der Waals surface area contributed by atoms with Gasteiger partial charge in [0.05, 0.1) is 6.54 Å². The van der Waals surface area contributed by atoms with Gasteiger partial charge in [0.1, 0.15) is 17.6 Å². The van der Waals surface area contributed by atoms with E-state index in [1.807, 2.05) is 42.5 Å². The minimum Gasteiger partial charge on any atom is -0.480 e. The first-order chi connectivity index (χ1) is 13.3. The van der Waals surface area contributed by atoms with Crippen LogP contribution < -0.4 is 5.32 Å². The van der Waals surface area contributed by atoms with Gasteiger partial charge in [0.25, 0.3) is 0 Å². The fraction of sp³-hybridized carbons (Fsp3) is 0.292. The Hall–Kier alpha value is -2.85. The molecule has 0 aliphatic carbocycles. The third kappa shape index (κ3) is 5.11. The van der Waals surface area contributed by atoms with Crippen molar-refractivity contribution < 1.29 is 14.3 Å². The number of carboxylic acid groups (broad SMARTS) is 1. The van der Waals surface area contributed by atoms with Gasteiger partial charge in [-0.1, -0.05) is 75.4 Å². The van der Waals surface area contributed by atoms with E-state index >= 15 is 0 Å². The van der Waals surface area contributed by atoms with Crippen molar-refractivity contribution in [2.75, 3.05) is 0 Å². The lowest BCUT2D eigenvalue weighted by molar-refractivity contribution is -0.139. The van der Waals surface area contributed by atoms with Gasteiger partial charge in [0.2, 0.25) is 0 Å². The first-order valence-electron chi connectivity index (χ1n) is 9.52. The van der Waals surface area contributed by atoms with Crippen molar-refractivity contribution in [1.82, 2.24) is 5.32 Å². The van der Waals surface area contributed by atoms with Crippen LogP contribution in [0.25, 0.3) is 11.3 Å². The maximum Gasteiger partial charge on any atom is 0.321 e. The van der Waals surface area contributed by atoms with Crippen LogP contribution in [0.4, 0.5) is 0 Å². The van der Waals surface area contributed by atoms with E-state index in [9.17, 15) is 9.90 Å². The molecule has 1 heterocycles. The Bertz CT molecular complexity index is 905. The van der Waals surface area contributed by atoms with E-state index in [2.05, 4.69) is 50.4 Å². The SMILES string of the molecule is CC(C)(C)c1ccc(-c2ccc(CN[C@@H](Cc3ccccc3)C(=O)O)o2)cc1. The number of hydrogen-bond donors (Lipinski definition) is 2. The summed E-state index contributed by atoms with van der Waals surface area (Å²) >= 11 is 0. The van der Waals surface area contributed by atoms with Crippen molar-refractivity contribution in [3.8, 4) is 11.3 Å². The molecule has 0 amide bonds. The van der Waals surface area contributed by atoms with Crippen LogP contribution in [0.3, 0.4) is 0 Å². The van der Waals surface area contributed by atoms with E-state index in [0.29, 0.717) is 18.7 Å². The number of carbonyl (C=O) groups is 1. The Labute approximate surface area is 166 Å². The van der Waals surface area contributed by atoms with Gasteiger partial charge in [-0.15, -0.1) is 0 Å². The van der Waals surface area contributed by atoms with E-state index in [0.717, 1.165) is 16.9 Å². The van der Waals surface area contributed by atoms with Crippen LogP contribution in [0.1, 0.15) is 37.7 Å². The molecule has 3 rings (SSSR count). The first kappa shape index (κ1) is 19.9. The quantitative estimate of drug-likeness (QED) is 0.606. The summed E-state index contributed by atoms with van der Waals surface area (Å²) in [6, 6.07) is 21.1. The molecule has 0 unspecified atom stereocenters. The lowest BCUT2D eigenvalue weighted by atomic mass is 9.86. The average Bonchev–Trinajstić information content (AvgIpc) is 3.14. The van der Waals surface area contributed by atoms with Gasteiger partial charge in [0.15, 0.2) is 0 Å². The molecule has 0 saturated carbocycles. The summed E-state index contributed by atoms with van der Waals surface area (Å²) in [4.78, 5) is 11.6. The second-order valence-corrected chi connectivity index (χ2v) is 8.05. The molecule has 4 nitrogen and oxygen atoms in total. The Morgan fingerprint density at radius 2 is 1.68 bits per heavy atom. The topological polar surface area (TPSA) is 62.5 Å². The number of carboxylic acids is 1. The summed E-state index contributed by atoms with van der Waals surface area (Å²) in [7, 11) is 0. The van der Waals surface area contributed by atoms with E-state index in [1.165, 1.54) is 5.56 Å². The minimum absolute atomic E-state index is 0.112. The largest absolute Gasteiger partial charge is 0.480 e. The number of benzene rings is 2. The van der Waals surface area contributed by atoms with E-state index < -0.39 is 12.0 Å². The Balaban J connectivity index is 1.64. The first-order valence-corrected chi connectivity index (χ1v) is 9.52. The Morgan fingerprint density at radius 3 is 2.29 bits per heavy atom. The summed E-state index contributed by atoms with van der Waals surface area (Å²) in [6.07, 6.45) is 0.429. The molecule has 0 saturated heterocycles. The van der Waals surface area contributed by atoms with Gasteiger partial charge in [-0.3, -0.25) is 10.1 Å². The molecule has 0 aliphatic heterocycles. The standard InChI is InChI=1S/C24H27NO3/c1-24(2,3)19-11-9-18(10-12-19)22-14-13-20(28-22)16-25-21(23(26)27)15-17-7-5-4-6-8-17/h4-14,21,25H,15-16H2,1-3H3,(H,26,27)/t21-/m0/s1. The van der Waals surface area contributed by atoms with Crippen molar-refractivity contribution in [1.29, 1.82) is 0 Å². The molecule has 146 valence electrons. The van der Waals surface area contributed by atoms with Gasteiger partial charge >= 0.3 is 5.97 Å². The Morgan fingerprint density at radius 1 is 1.00 bits per heavy atom. The molecule has 0 fully saturated rings. The lowest BCUT2D eigenvalue weighted by Gasteiger charge is -2.18. The fourth-order valence-corrected chi connectivity index (χ4v) is 3.08.